The number of nitrogens with one attached hydrogen (secondary N) is 1. The molecule has 1 fully saturated rings. The van der Waals surface area contributed by atoms with Crippen LogP contribution in [0.4, 0.5) is 11.5 Å². The second-order valence-electron chi connectivity index (χ2n) is 5.86. The average molecular weight is 346 g/mol. The van der Waals surface area contributed by atoms with Crippen LogP contribution in [0.1, 0.15) is 18.4 Å². The normalized spacial score (nSPS) is 23.4. The first-order valence-corrected chi connectivity index (χ1v) is 7.84. The molecule has 10 heteroatoms. The predicted octanol–water partition coefficient (Wildman–Crippen LogP) is 0.254. The fraction of sp³-hybridized carbons (Fsp3) is 0.400. The number of aliphatic hydroxyl groups is 2. The van der Waals surface area contributed by atoms with Gasteiger partial charge in [-0.25, -0.2) is 15.0 Å². The van der Waals surface area contributed by atoms with Gasteiger partial charge in [0.05, 0.1) is 31.3 Å². The molecule has 4 heterocycles. The third-order valence-electron chi connectivity index (χ3n) is 4.16. The minimum absolute atomic E-state index is 0.238. The molecule has 1 aliphatic rings. The molecule has 1 aliphatic heterocycles. The van der Waals surface area contributed by atoms with Crippen molar-refractivity contribution >= 4 is 22.7 Å². The Balaban J connectivity index is 1.58. The Hall–Kier alpha value is -2.69. The molecule has 0 spiro atoms. The van der Waals surface area contributed by atoms with Crippen molar-refractivity contribution in [1.82, 2.24) is 19.5 Å². The van der Waals surface area contributed by atoms with Crippen LogP contribution in [-0.2, 0) is 11.3 Å². The van der Waals surface area contributed by atoms with Gasteiger partial charge < -0.3 is 30.4 Å². The molecule has 3 atom stereocenters. The van der Waals surface area contributed by atoms with E-state index in [2.05, 4.69) is 20.3 Å². The summed E-state index contributed by atoms with van der Waals surface area (Å²) in [6.07, 6.45) is 3.07. The summed E-state index contributed by atoms with van der Waals surface area (Å²) in [6, 6.07) is 1.73. The van der Waals surface area contributed by atoms with Crippen molar-refractivity contribution in [1.29, 1.82) is 0 Å². The van der Waals surface area contributed by atoms with Gasteiger partial charge in [0.25, 0.3) is 0 Å². The van der Waals surface area contributed by atoms with Gasteiger partial charge in [-0.3, -0.25) is 4.57 Å². The maximum absolute atomic E-state index is 9.91. The molecular weight excluding hydrogens is 328 g/mol. The highest BCUT2D eigenvalue weighted by atomic mass is 16.5. The van der Waals surface area contributed by atoms with Crippen molar-refractivity contribution in [2.24, 2.45) is 0 Å². The standard InChI is InChI=1S/C15H18N6O4/c16-8-1-9(24-5-8)3-17-14-13-15(19-6-18-14)21(7-20-13)12-2-10(23)11(4-22)25-12/h1,5-7,10-12,22-23H,2-4,16H2,(H,17,18,19)/t10-,11+,12?/m0/s1. The van der Waals surface area contributed by atoms with Crippen LogP contribution in [0.15, 0.2) is 29.4 Å². The first kappa shape index (κ1) is 15.8. The van der Waals surface area contributed by atoms with Crippen LogP contribution < -0.4 is 11.1 Å². The molecule has 132 valence electrons. The smallest absolute Gasteiger partial charge is 0.167 e. The van der Waals surface area contributed by atoms with E-state index in [-0.39, 0.29) is 6.61 Å². The molecule has 10 nitrogen and oxygen atoms in total. The van der Waals surface area contributed by atoms with Gasteiger partial charge in [-0.15, -0.1) is 0 Å². The van der Waals surface area contributed by atoms with Crippen LogP contribution in [0.5, 0.6) is 0 Å². The summed E-state index contributed by atoms with van der Waals surface area (Å²) >= 11 is 0. The Morgan fingerprint density at radius 2 is 2.24 bits per heavy atom. The lowest BCUT2D eigenvalue weighted by Crippen LogP contribution is -2.24. The Bertz CT molecular complexity index is 878. The molecule has 0 saturated carbocycles. The maximum atomic E-state index is 9.91. The number of furan rings is 1. The number of fused-ring (bicyclic) bond motifs is 1. The van der Waals surface area contributed by atoms with Gasteiger partial charge in [0.15, 0.2) is 17.0 Å². The predicted molar refractivity (Wildman–Crippen MR) is 87.4 cm³/mol. The molecular formula is C15H18N6O4. The summed E-state index contributed by atoms with van der Waals surface area (Å²) in [7, 11) is 0. The van der Waals surface area contributed by atoms with E-state index in [0.717, 1.165) is 0 Å². The summed E-state index contributed by atoms with van der Waals surface area (Å²) in [6.45, 7) is 0.166. The van der Waals surface area contributed by atoms with Crippen molar-refractivity contribution < 1.29 is 19.4 Å². The van der Waals surface area contributed by atoms with Gasteiger partial charge in [-0.1, -0.05) is 0 Å². The molecule has 0 aromatic carbocycles. The lowest BCUT2D eigenvalue weighted by atomic mass is 10.2. The molecule has 0 radical (unpaired) electrons. The van der Waals surface area contributed by atoms with Gasteiger partial charge in [0.1, 0.15) is 30.7 Å². The number of anilines is 2. The van der Waals surface area contributed by atoms with Crippen LogP contribution in [0.2, 0.25) is 0 Å². The maximum Gasteiger partial charge on any atom is 0.167 e. The highest BCUT2D eigenvalue weighted by Gasteiger charge is 2.35. The number of imidazole rings is 1. The van der Waals surface area contributed by atoms with Crippen molar-refractivity contribution in [2.75, 3.05) is 17.7 Å². The van der Waals surface area contributed by atoms with Gasteiger partial charge >= 0.3 is 0 Å². The van der Waals surface area contributed by atoms with Crippen molar-refractivity contribution in [3.8, 4) is 0 Å². The van der Waals surface area contributed by atoms with Crippen molar-refractivity contribution in [3.05, 3.63) is 30.7 Å². The Kier molecular flexibility index (Phi) is 3.99. The Morgan fingerprint density at radius 3 is 2.96 bits per heavy atom. The number of ether oxygens (including phenoxy) is 1. The van der Waals surface area contributed by atoms with Crippen LogP contribution in [-0.4, -0.2) is 48.5 Å². The number of rotatable bonds is 5. The van der Waals surface area contributed by atoms with Crippen molar-refractivity contribution in [3.63, 3.8) is 0 Å². The zero-order chi connectivity index (χ0) is 17.4. The monoisotopic (exact) mass is 346 g/mol. The largest absolute Gasteiger partial charge is 0.465 e. The summed E-state index contributed by atoms with van der Waals surface area (Å²) < 4.78 is 12.7. The first-order valence-electron chi connectivity index (χ1n) is 7.84. The molecule has 0 bridgehead atoms. The minimum Gasteiger partial charge on any atom is -0.465 e. The number of nitrogen functional groups attached to an aromatic ring is 1. The number of hydrogen-bond donors (Lipinski definition) is 4. The second kappa shape index (κ2) is 6.31. The van der Waals surface area contributed by atoms with Gasteiger partial charge in [0, 0.05) is 12.5 Å². The fourth-order valence-corrected chi connectivity index (χ4v) is 2.90. The molecule has 25 heavy (non-hydrogen) atoms. The Labute approximate surface area is 142 Å². The number of hydrogen-bond acceptors (Lipinski definition) is 9. The SMILES string of the molecule is Nc1coc(CNc2ncnc3c2ncn3C2C[C@H](O)[C@@H](CO)O2)c1. The highest BCUT2D eigenvalue weighted by Crippen LogP contribution is 2.31. The Morgan fingerprint density at radius 1 is 1.36 bits per heavy atom. The molecule has 1 unspecified atom stereocenters. The minimum atomic E-state index is -0.726. The summed E-state index contributed by atoms with van der Waals surface area (Å²) in [5.41, 5.74) is 7.34. The van der Waals surface area contributed by atoms with E-state index in [0.29, 0.717) is 41.4 Å². The molecule has 3 aromatic rings. The fourth-order valence-electron chi connectivity index (χ4n) is 2.90. The van der Waals surface area contributed by atoms with Gasteiger partial charge in [0.2, 0.25) is 0 Å². The molecule has 4 rings (SSSR count). The first-order chi connectivity index (χ1) is 12.2. The summed E-state index contributed by atoms with van der Waals surface area (Å²) in [5, 5.41) is 22.3. The van der Waals surface area contributed by atoms with Gasteiger partial charge in [-0.2, -0.15) is 0 Å². The van der Waals surface area contributed by atoms with Gasteiger partial charge in [-0.05, 0) is 0 Å². The molecule has 1 saturated heterocycles. The van der Waals surface area contributed by atoms with E-state index in [1.54, 1.807) is 17.0 Å². The molecule has 5 N–H and O–H groups in total. The molecule has 3 aromatic heterocycles. The molecule has 0 aliphatic carbocycles. The number of nitrogens with zero attached hydrogens (tertiary/aromatic N) is 4. The van der Waals surface area contributed by atoms with Crippen LogP contribution in [0, 0.1) is 0 Å². The van der Waals surface area contributed by atoms with E-state index >= 15 is 0 Å². The molecule has 0 amide bonds. The van der Waals surface area contributed by atoms with Crippen LogP contribution >= 0.6 is 0 Å². The van der Waals surface area contributed by atoms with E-state index in [1.807, 2.05) is 0 Å². The van der Waals surface area contributed by atoms with E-state index < -0.39 is 18.4 Å². The quantitative estimate of drug-likeness (QED) is 0.511. The lowest BCUT2D eigenvalue weighted by Gasteiger charge is -2.13. The van der Waals surface area contributed by atoms with E-state index in [9.17, 15) is 10.2 Å². The number of nitrogens with two attached hydrogens (primary N) is 1. The summed E-state index contributed by atoms with van der Waals surface area (Å²) in [4.78, 5) is 12.8. The zero-order valence-corrected chi connectivity index (χ0v) is 13.2. The third kappa shape index (κ3) is 2.90. The third-order valence-corrected chi connectivity index (χ3v) is 4.16. The van der Waals surface area contributed by atoms with E-state index in [4.69, 9.17) is 14.9 Å². The average Bonchev–Trinajstić information content (AvgIpc) is 3.31. The highest BCUT2D eigenvalue weighted by molar-refractivity contribution is 5.82. The zero-order valence-electron chi connectivity index (χ0n) is 13.2. The number of aromatic nitrogens is 4. The van der Waals surface area contributed by atoms with E-state index in [1.165, 1.54) is 12.6 Å². The topological polar surface area (TPSA) is 144 Å². The van der Waals surface area contributed by atoms with Crippen LogP contribution in [0.3, 0.4) is 0 Å². The van der Waals surface area contributed by atoms with Crippen molar-refractivity contribution in [2.45, 2.75) is 31.4 Å². The lowest BCUT2D eigenvalue weighted by molar-refractivity contribution is -0.0432. The summed E-state index contributed by atoms with van der Waals surface area (Å²) in [5.74, 6) is 1.23. The second-order valence-corrected chi connectivity index (χ2v) is 5.86. The number of aliphatic hydroxyl groups excluding tert-OH is 2. The van der Waals surface area contributed by atoms with Crippen LogP contribution in [0.25, 0.3) is 11.2 Å².